The first kappa shape index (κ1) is 11.1. The Labute approximate surface area is 71.8 Å². The van der Waals surface area contributed by atoms with Gasteiger partial charge in [-0.1, -0.05) is 13.8 Å². The molecule has 0 aliphatic carbocycles. The SMILES string of the molecule is CCCNCCNO[Si]CC. The molecule has 0 heterocycles. The summed E-state index contributed by atoms with van der Waals surface area (Å²) in [5.41, 5.74) is 2.90. The Kier molecular flexibility index (Phi) is 10.2. The highest BCUT2D eigenvalue weighted by Gasteiger charge is 1.86. The van der Waals surface area contributed by atoms with Gasteiger partial charge in [0.25, 0.3) is 9.76 Å². The molecule has 0 aromatic carbocycles. The standard InChI is InChI=1S/C7H18N2OSi/c1-3-5-8-6-7-9-10-11-4-2/h8-9H,3-7H2,1-2H3. The lowest BCUT2D eigenvalue weighted by Gasteiger charge is -2.04. The van der Waals surface area contributed by atoms with Gasteiger partial charge in [-0.15, -0.1) is 0 Å². The highest BCUT2D eigenvalue weighted by molar-refractivity contribution is 6.26. The minimum absolute atomic E-state index is 0.588. The second kappa shape index (κ2) is 10.1. The Morgan fingerprint density at radius 2 is 2.00 bits per heavy atom. The first-order valence-electron chi connectivity index (χ1n) is 4.24. The van der Waals surface area contributed by atoms with Gasteiger partial charge >= 0.3 is 0 Å². The lowest BCUT2D eigenvalue weighted by Crippen LogP contribution is -2.28. The molecule has 0 aromatic rings. The predicted octanol–water partition coefficient (Wildman–Crippen LogP) is 0.565. The number of rotatable bonds is 8. The summed E-state index contributed by atoms with van der Waals surface area (Å²) >= 11 is 0. The fraction of sp³-hybridized carbons (Fsp3) is 1.00. The zero-order valence-electron chi connectivity index (χ0n) is 7.44. The van der Waals surface area contributed by atoms with E-state index in [1.807, 2.05) is 0 Å². The molecule has 0 fully saturated rings. The smallest absolute Gasteiger partial charge is 0.261 e. The van der Waals surface area contributed by atoms with E-state index < -0.39 is 0 Å². The van der Waals surface area contributed by atoms with Gasteiger partial charge in [-0.2, -0.15) is 0 Å². The van der Waals surface area contributed by atoms with E-state index in [0.29, 0.717) is 9.76 Å². The molecule has 0 aromatic heterocycles. The van der Waals surface area contributed by atoms with Crippen LogP contribution in [0.5, 0.6) is 0 Å². The summed E-state index contributed by atoms with van der Waals surface area (Å²) in [5, 5.41) is 3.27. The Hall–Kier alpha value is 0.0969. The van der Waals surface area contributed by atoms with Gasteiger partial charge in [0.2, 0.25) is 0 Å². The lowest BCUT2D eigenvalue weighted by molar-refractivity contribution is 0.207. The van der Waals surface area contributed by atoms with Crippen molar-refractivity contribution in [1.29, 1.82) is 0 Å². The van der Waals surface area contributed by atoms with Gasteiger partial charge in [0.05, 0.1) is 0 Å². The molecule has 4 heteroatoms. The zero-order valence-corrected chi connectivity index (χ0v) is 8.44. The van der Waals surface area contributed by atoms with Gasteiger partial charge in [0.15, 0.2) is 0 Å². The molecule has 11 heavy (non-hydrogen) atoms. The fourth-order valence-corrected chi connectivity index (χ4v) is 0.964. The fourth-order valence-electron chi connectivity index (χ4n) is 0.615. The third-order valence-corrected chi connectivity index (χ3v) is 1.70. The predicted molar refractivity (Wildman–Crippen MR) is 48.5 cm³/mol. The molecule has 2 radical (unpaired) electrons. The van der Waals surface area contributed by atoms with E-state index in [4.69, 9.17) is 4.53 Å². The monoisotopic (exact) mass is 174 g/mol. The van der Waals surface area contributed by atoms with Gasteiger partial charge in [-0.05, 0) is 19.0 Å². The molecule has 0 amide bonds. The Bertz CT molecular complexity index is 65.5. The highest BCUT2D eigenvalue weighted by atomic mass is 28.2. The van der Waals surface area contributed by atoms with Crippen molar-refractivity contribution in [1.82, 2.24) is 10.8 Å². The maximum Gasteiger partial charge on any atom is 0.261 e. The van der Waals surface area contributed by atoms with Crippen LogP contribution in [0.4, 0.5) is 0 Å². The molecule has 0 saturated heterocycles. The van der Waals surface area contributed by atoms with Crippen molar-refractivity contribution in [3.63, 3.8) is 0 Å². The number of hydrogen-bond donors (Lipinski definition) is 2. The molecule has 2 N–H and O–H groups in total. The third-order valence-electron chi connectivity index (χ3n) is 1.12. The van der Waals surface area contributed by atoms with Crippen LogP contribution in [-0.2, 0) is 4.53 Å². The average Bonchev–Trinajstić information content (AvgIpc) is 2.03. The van der Waals surface area contributed by atoms with Crippen LogP contribution in [0.3, 0.4) is 0 Å². The van der Waals surface area contributed by atoms with Gasteiger partial charge in [0.1, 0.15) is 0 Å². The summed E-state index contributed by atoms with van der Waals surface area (Å²) in [4.78, 5) is 0. The van der Waals surface area contributed by atoms with Crippen molar-refractivity contribution < 1.29 is 4.53 Å². The largest absolute Gasteiger partial charge is 0.346 e. The molecule has 0 saturated carbocycles. The Balaban J connectivity index is 2.69. The second-order valence-corrected chi connectivity index (χ2v) is 3.44. The quantitative estimate of drug-likeness (QED) is 0.320. The topological polar surface area (TPSA) is 33.3 Å². The van der Waals surface area contributed by atoms with E-state index in [0.717, 1.165) is 25.7 Å². The normalized spacial score (nSPS) is 10.4. The summed E-state index contributed by atoms with van der Waals surface area (Å²) < 4.78 is 5.10. The minimum Gasteiger partial charge on any atom is -0.346 e. The van der Waals surface area contributed by atoms with E-state index in [1.165, 1.54) is 6.42 Å². The van der Waals surface area contributed by atoms with Gasteiger partial charge in [-0.25, -0.2) is 5.48 Å². The summed E-state index contributed by atoms with van der Waals surface area (Å²) in [6.07, 6.45) is 1.19. The van der Waals surface area contributed by atoms with Crippen LogP contribution in [0.2, 0.25) is 6.04 Å². The molecule has 0 aliphatic heterocycles. The van der Waals surface area contributed by atoms with E-state index in [1.54, 1.807) is 0 Å². The molecule has 0 aliphatic rings. The molecule has 3 nitrogen and oxygen atoms in total. The summed E-state index contributed by atoms with van der Waals surface area (Å²) in [5.74, 6) is 0. The maximum atomic E-state index is 5.10. The Morgan fingerprint density at radius 3 is 2.64 bits per heavy atom. The van der Waals surface area contributed by atoms with Crippen LogP contribution in [-0.4, -0.2) is 29.4 Å². The molecule has 0 bridgehead atoms. The van der Waals surface area contributed by atoms with Gasteiger partial charge < -0.3 is 9.84 Å². The van der Waals surface area contributed by atoms with Crippen LogP contribution < -0.4 is 10.8 Å². The zero-order chi connectivity index (χ0) is 8.36. The third kappa shape index (κ3) is 10.1. The molecule has 0 spiro atoms. The van der Waals surface area contributed by atoms with Crippen LogP contribution in [0.1, 0.15) is 20.3 Å². The van der Waals surface area contributed by atoms with E-state index in [9.17, 15) is 0 Å². The van der Waals surface area contributed by atoms with Crippen molar-refractivity contribution in [2.45, 2.75) is 26.3 Å². The Morgan fingerprint density at radius 1 is 1.18 bits per heavy atom. The second-order valence-electron chi connectivity index (χ2n) is 2.24. The first-order valence-corrected chi connectivity index (χ1v) is 5.35. The van der Waals surface area contributed by atoms with Crippen LogP contribution in [0.15, 0.2) is 0 Å². The molecule has 0 atom stereocenters. The maximum absolute atomic E-state index is 5.10. The van der Waals surface area contributed by atoms with Crippen LogP contribution in [0.25, 0.3) is 0 Å². The van der Waals surface area contributed by atoms with Crippen LogP contribution >= 0.6 is 0 Å². The van der Waals surface area contributed by atoms with Gasteiger partial charge in [0, 0.05) is 13.1 Å². The summed E-state index contributed by atoms with van der Waals surface area (Å²) in [6, 6.07) is 1.09. The molecule has 66 valence electrons. The van der Waals surface area contributed by atoms with Crippen molar-refractivity contribution in [3.8, 4) is 0 Å². The summed E-state index contributed by atoms with van der Waals surface area (Å²) in [7, 11) is 0.588. The number of hydrogen-bond acceptors (Lipinski definition) is 3. The molecule has 0 rings (SSSR count). The van der Waals surface area contributed by atoms with Crippen molar-refractivity contribution >= 4 is 9.76 Å². The number of nitrogens with one attached hydrogen (secondary N) is 2. The lowest BCUT2D eigenvalue weighted by atomic mass is 10.5. The van der Waals surface area contributed by atoms with Crippen LogP contribution in [0, 0.1) is 0 Å². The van der Waals surface area contributed by atoms with E-state index in [2.05, 4.69) is 24.6 Å². The molecular formula is C7H18N2OSi. The number of hydroxylamine groups is 1. The molecular weight excluding hydrogens is 156 g/mol. The van der Waals surface area contributed by atoms with Crippen molar-refractivity contribution in [2.75, 3.05) is 19.6 Å². The van der Waals surface area contributed by atoms with Crippen molar-refractivity contribution in [3.05, 3.63) is 0 Å². The average molecular weight is 174 g/mol. The van der Waals surface area contributed by atoms with Gasteiger partial charge in [-0.3, -0.25) is 0 Å². The van der Waals surface area contributed by atoms with Crippen molar-refractivity contribution in [2.24, 2.45) is 0 Å². The highest BCUT2D eigenvalue weighted by Crippen LogP contribution is 1.72. The van der Waals surface area contributed by atoms with E-state index >= 15 is 0 Å². The first-order chi connectivity index (χ1) is 5.41. The minimum atomic E-state index is 0.588. The summed E-state index contributed by atoms with van der Waals surface area (Å²) in [6.45, 7) is 7.25. The van der Waals surface area contributed by atoms with E-state index in [-0.39, 0.29) is 0 Å². The molecule has 0 unspecified atom stereocenters.